The molecule has 0 radical (unpaired) electrons. The van der Waals surface area contributed by atoms with Crippen molar-refractivity contribution in [2.45, 2.75) is 12.2 Å². The number of hydrogen-bond donors (Lipinski definition) is 1. The fourth-order valence-corrected chi connectivity index (χ4v) is 4.13. The minimum Gasteiger partial charge on any atom is -0.310 e. The maximum atomic E-state index is 12.2. The summed E-state index contributed by atoms with van der Waals surface area (Å²) in [5.41, 5.74) is 3.97. The van der Waals surface area contributed by atoms with Crippen molar-refractivity contribution in [3.05, 3.63) is 59.5 Å². The maximum Gasteiger partial charge on any atom is 0.235 e. The molecule has 6 nitrogen and oxygen atoms in total. The first-order valence-corrected chi connectivity index (χ1v) is 8.73. The van der Waals surface area contributed by atoms with Crippen molar-refractivity contribution >= 4 is 23.5 Å². The molecular formula is C17H17N5OS. The van der Waals surface area contributed by atoms with Crippen LogP contribution in [-0.2, 0) is 11.8 Å². The topological polar surface area (TPSA) is 64.7 Å². The lowest BCUT2D eigenvalue weighted by molar-refractivity contribution is -0.113. The second-order valence-corrected chi connectivity index (χ2v) is 6.88. The van der Waals surface area contributed by atoms with E-state index in [0.29, 0.717) is 5.75 Å². The number of aromatic nitrogens is 4. The van der Waals surface area contributed by atoms with Crippen molar-refractivity contribution in [1.29, 1.82) is 0 Å². The standard InChI is InChI=1S/C17H17N5OS/c1-11-15-16(12-8-18-21(2)9-12)24-10-14(23)19-17(15)22(20-11)13-6-4-3-5-7-13/h3-9,16H,10H2,1-2H3,(H,19,23)/t16-/m1/s1. The number of amides is 1. The van der Waals surface area contributed by atoms with E-state index in [1.54, 1.807) is 16.4 Å². The first-order valence-electron chi connectivity index (χ1n) is 7.68. The van der Waals surface area contributed by atoms with E-state index in [2.05, 4.69) is 15.5 Å². The number of aryl methyl sites for hydroxylation is 2. The number of carbonyl (C=O) groups excluding carboxylic acids is 1. The second-order valence-electron chi connectivity index (χ2n) is 5.78. The Kier molecular flexibility index (Phi) is 3.65. The number of thioether (sulfide) groups is 1. The van der Waals surface area contributed by atoms with Crippen LogP contribution in [0.15, 0.2) is 42.7 Å². The van der Waals surface area contributed by atoms with Crippen LogP contribution in [0.1, 0.15) is 22.1 Å². The van der Waals surface area contributed by atoms with Crippen LogP contribution < -0.4 is 5.32 Å². The smallest absolute Gasteiger partial charge is 0.235 e. The molecule has 1 atom stereocenters. The molecule has 1 amide bonds. The quantitative estimate of drug-likeness (QED) is 0.780. The van der Waals surface area contributed by atoms with E-state index in [1.807, 2.05) is 61.4 Å². The highest BCUT2D eigenvalue weighted by molar-refractivity contribution is 8.00. The molecular weight excluding hydrogens is 322 g/mol. The van der Waals surface area contributed by atoms with Gasteiger partial charge in [0.05, 0.1) is 28.6 Å². The van der Waals surface area contributed by atoms with Crippen LogP contribution in [0.4, 0.5) is 5.82 Å². The highest BCUT2D eigenvalue weighted by Crippen LogP contribution is 2.43. The molecule has 0 aliphatic carbocycles. The van der Waals surface area contributed by atoms with Crippen molar-refractivity contribution in [1.82, 2.24) is 19.6 Å². The zero-order valence-electron chi connectivity index (χ0n) is 13.4. The molecule has 1 aliphatic rings. The number of para-hydroxylation sites is 1. The summed E-state index contributed by atoms with van der Waals surface area (Å²) in [7, 11) is 1.90. The van der Waals surface area contributed by atoms with E-state index in [4.69, 9.17) is 0 Å². The second kappa shape index (κ2) is 5.83. The first kappa shape index (κ1) is 15.0. The Labute approximate surface area is 143 Å². The minimum absolute atomic E-state index is 0.00952. The average Bonchev–Trinajstić information content (AvgIpc) is 3.08. The lowest BCUT2D eigenvalue weighted by Crippen LogP contribution is -2.15. The Morgan fingerprint density at radius 3 is 2.79 bits per heavy atom. The number of anilines is 1. The van der Waals surface area contributed by atoms with Gasteiger partial charge in [0.15, 0.2) is 0 Å². The van der Waals surface area contributed by atoms with Crippen LogP contribution in [0.3, 0.4) is 0 Å². The summed E-state index contributed by atoms with van der Waals surface area (Å²) in [6, 6.07) is 9.85. The zero-order chi connectivity index (χ0) is 16.7. The van der Waals surface area contributed by atoms with Gasteiger partial charge in [-0.3, -0.25) is 9.48 Å². The molecule has 2 aromatic heterocycles. The van der Waals surface area contributed by atoms with Gasteiger partial charge < -0.3 is 5.32 Å². The lowest BCUT2D eigenvalue weighted by atomic mass is 10.1. The summed E-state index contributed by atoms with van der Waals surface area (Å²) < 4.78 is 3.60. The molecule has 1 N–H and O–H groups in total. The normalized spacial score (nSPS) is 17.2. The van der Waals surface area contributed by atoms with Gasteiger partial charge in [0.1, 0.15) is 5.82 Å². The Morgan fingerprint density at radius 1 is 1.29 bits per heavy atom. The molecule has 7 heteroatoms. The molecule has 4 rings (SSSR count). The van der Waals surface area contributed by atoms with Gasteiger partial charge in [0.25, 0.3) is 0 Å². The molecule has 3 aromatic rings. The monoisotopic (exact) mass is 339 g/mol. The predicted octanol–water partition coefficient (Wildman–Crippen LogP) is 2.69. The molecule has 1 aliphatic heterocycles. The van der Waals surface area contributed by atoms with Crippen molar-refractivity contribution < 1.29 is 4.79 Å². The number of rotatable bonds is 2. The van der Waals surface area contributed by atoms with Crippen LogP contribution in [0.25, 0.3) is 5.69 Å². The molecule has 0 saturated heterocycles. The zero-order valence-corrected chi connectivity index (χ0v) is 14.2. The number of hydrogen-bond acceptors (Lipinski definition) is 4. The Hall–Kier alpha value is -2.54. The number of carbonyl (C=O) groups is 1. The fourth-order valence-electron chi connectivity index (χ4n) is 2.98. The van der Waals surface area contributed by atoms with Crippen LogP contribution in [0, 0.1) is 6.92 Å². The largest absolute Gasteiger partial charge is 0.310 e. The summed E-state index contributed by atoms with van der Waals surface area (Å²) in [5, 5.41) is 12.0. The fraction of sp³-hybridized carbons (Fsp3) is 0.235. The minimum atomic E-state index is -0.00952. The van der Waals surface area contributed by atoms with Crippen LogP contribution in [0.2, 0.25) is 0 Å². The Bertz CT molecular complexity index is 899. The molecule has 0 bridgehead atoms. The Balaban J connectivity index is 1.90. The highest BCUT2D eigenvalue weighted by Gasteiger charge is 2.31. The number of nitrogens with one attached hydrogen (secondary N) is 1. The predicted molar refractivity (Wildman–Crippen MR) is 94.4 cm³/mol. The van der Waals surface area contributed by atoms with Crippen LogP contribution >= 0.6 is 11.8 Å². The third-order valence-electron chi connectivity index (χ3n) is 4.04. The highest BCUT2D eigenvalue weighted by atomic mass is 32.2. The summed E-state index contributed by atoms with van der Waals surface area (Å²) in [6.45, 7) is 1.99. The van der Waals surface area contributed by atoms with Gasteiger partial charge in [-0.2, -0.15) is 10.2 Å². The average molecular weight is 339 g/mol. The van der Waals surface area contributed by atoms with Crippen molar-refractivity contribution in [3.8, 4) is 5.69 Å². The third kappa shape index (κ3) is 2.50. The van der Waals surface area contributed by atoms with E-state index in [-0.39, 0.29) is 11.2 Å². The lowest BCUT2D eigenvalue weighted by Gasteiger charge is -2.13. The van der Waals surface area contributed by atoms with Crippen LogP contribution in [0.5, 0.6) is 0 Å². The summed E-state index contributed by atoms with van der Waals surface area (Å²) >= 11 is 1.61. The van der Waals surface area contributed by atoms with E-state index >= 15 is 0 Å². The van der Waals surface area contributed by atoms with E-state index < -0.39 is 0 Å². The summed E-state index contributed by atoms with van der Waals surface area (Å²) in [4.78, 5) is 12.2. The molecule has 0 unspecified atom stereocenters. The maximum absolute atomic E-state index is 12.2. The van der Waals surface area contributed by atoms with Gasteiger partial charge in [-0.1, -0.05) is 18.2 Å². The van der Waals surface area contributed by atoms with E-state index in [0.717, 1.165) is 28.3 Å². The molecule has 0 saturated carbocycles. The number of fused-ring (bicyclic) bond motifs is 1. The van der Waals surface area contributed by atoms with Crippen molar-refractivity contribution in [2.24, 2.45) is 7.05 Å². The van der Waals surface area contributed by atoms with Crippen molar-refractivity contribution in [3.63, 3.8) is 0 Å². The molecule has 122 valence electrons. The number of nitrogens with zero attached hydrogens (tertiary/aromatic N) is 4. The first-order chi connectivity index (χ1) is 11.6. The summed E-state index contributed by atoms with van der Waals surface area (Å²) in [6.07, 6.45) is 3.85. The molecule has 1 aromatic carbocycles. The Morgan fingerprint density at radius 2 is 2.08 bits per heavy atom. The molecule has 0 fully saturated rings. The van der Waals surface area contributed by atoms with Gasteiger partial charge in [-0.05, 0) is 19.1 Å². The van der Waals surface area contributed by atoms with E-state index in [9.17, 15) is 4.79 Å². The molecule has 24 heavy (non-hydrogen) atoms. The number of benzene rings is 1. The third-order valence-corrected chi connectivity index (χ3v) is 5.31. The molecule has 0 spiro atoms. The van der Waals surface area contributed by atoms with E-state index in [1.165, 1.54) is 0 Å². The van der Waals surface area contributed by atoms with Gasteiger partial charge in [0, 0.05) is 24.4 Å². The SMILES string of the molecule is Cc1nn(-c2ccccc2)c2c1[C@@H](c1cnn(C)c1)SCC(=O)N2. The van der Waals surface area contributed by atoms with Gasteiger partial charge >= 0.3 is 0 Å². The summed E-state index contributed by atoms with van der Waals surface area (Å²) in [5.74, 6) is 1.15. The molecule has 3 heterocycles. The van der Waals surface area contributed by atoms with Crippen LogP contribution in [-0.4, -0.2) is 31.2 Å². The van der Waals surface area contributed by atoms with Gasteiger partial charge in [-0.25, -0.2) is 4.68 Å². The van der Waals surface area contributed by atoms with Gasteiger partial charge in [0.2, 0.25) is 5.91 Å². The van der Waals surface area contributed by atoms with Gasteiger partial charge in [-0.15, -0.1) is 11.8 Å². The van der Waals surface area contributed by atoms with Crippen molar-refractivity contribution in [2.75, 3.05) is 11.1 Å².